The van der Waals surface area contributed by atoms with Crippen molar-refractivity contribution in [1.29, 1.82) is 0 Å². The van der Waals surface area contributed by atoms with Crippen LogP contribution >= 0.6 is 22.9 Å². The molecule has 0 saturated carbocycles. The molecule has 4 rings (SSSR count). The minimum absolute atomic E-state index is 0.252. The van der Waals surface area contributed by atoms with Crippen LogP contribution in [-0.4, -0.2) is 11.0 Å². The van der Waals surface area contributed by atoms with Crippen molar-refractivity contribution in [2.24, 2.45) is 0 Å². The van der Waals surface area contributed by atoms with Crippen molar-refractivity contribution in [2.45, 2.75) is 6.54 Å². The molecular weight excluding hydrogens is 378 g/mol. The van der Waals surface area contributed by atoms with Crippen molar-refractivity contribution >= 4 is 44.9 Å². The second-order valence-corrected chi connectivity index (χ2v) is 7.47. The Morgan fingerprint density at radius 3 is 2.44 bits per heavy atom. The maximum Gasteiger partial charge on any atom is 0.319 e. The second-order valence-electron chi connectivity index (χ2n) is 6.00. The quantitative estimate of drug-likeness (QED) is 0.451. The first-order valence-corrected chi connectivity index (χ1v) is 9.62. The number of para-hydroxylation sites is 1. The van der Waals surface area contributed by atoms with E-state index < -0.39 is 0 Å². The molecule has 27 heavy (non-hydrogen) atoms. The summed E-state index contributed by atoms with van der Waals surface area (Å²) in [5, 5.41) is 7.31. The van der Waals surface area contributed by atoms with Gasteiger partial charge in [-0.15, -0.1) is 11.3 Å². The topological polar surface area (TPSA) is 54.0 Å². The van der Waals surface area contributed by atoms with E-state index in [4.69, 9.17) is 11.6 Å². The van der Waals surface area contributed by atoms with E-state index in [1.54, 1.807) is 23.5 Å². The van der Waals surface area contributed by atoms with Gasteiger partial charge in [0.05, 0.1) is 10.2 Å². The smallest absolute Gasteiger partial charge is 0.319 e. The zero-order valence-corrected chi connectivity index (χ0v) is 15.8. The Balaban J connectivity index is 1.38. The molecule has 0 aliphatic rings. The van der Waals surface area contributed by atoms with E-state index in [2.05, 4.69) is 21.7 Å². The SMILES string of the molecule is O=C(NCc1ccc(Cl)cc1)Nc1ccc(-c2nc3ccccc3s2)cc1. The lowest BCUT2D eigenvalue weighted by molar-refractivity contribution is 0.251. The Hall–Kier alpha value is -2.89. The van der Waals surface area contributed by atoms with E-state index in [1.165, 1.54) is 0 Å². The van der Waals surface area contributed by atoms with Gasteiger partial charge in [0.2, 0.25) is 0 Å². The van der Waals surface area contributed by atoms with Gasteiger partial charge < -0.3 is 10.6 Å². The predicted molar refractivity (Wildman–Crippen MR) is 112 cm³/mol. The van der Waals surface area contributed by atoms with Gasteiger partial charge in [-0.05, 0) is 54.1 Å². The van der Waals surface area contributed by atoms with E-state index in [0.29, 0.717) is 11.6 Å². The van der Waals surface area contributed by atoms with Crippen LogP contribution in [0.25, 0.3) is 20.8 Å². The highest BCUT2D eigenvalue weighted by molar-refractivity contribution is 7.21. The number of urea groups is 1. The number of hydrogen-bond acceptors (Lipinski definition) is 3. The highest BCUT2D eigenvalue weighted by atomic mass is 35.5. The summed E-state index contributed by atoms with van der Waals surface area (Å²) in [5.74, 6) is 0. The Morgan fingerprint density at radius 1 is 0.963 bits per heavy atom. The lowest BCUT2D eigenvalue weighted by atomic mass is 10.2. The lowest BCUT2D eigenvalue weighted by Gasteiger charge is -2.08. The number of benzene rings is 3. The molecule has 1 heterocycles. The molecular formula is C21H16ClN3OS. The average molecular weight is 394 g/mol. The number of amides is 2. The summed E-state index contributed by atoms with van der Waals surface area (Å²) in [4.78, 5) is 16.7. The molecule has 3 aromatic carbocycles. The third-order valence-corrected chi connectivity index (χ3v) is 5.39. The number of rotatable bonds is 4. The third kappa shape index (κ3) is 4.27. The lowest BCUT2D eigenvalue weighted by Crippen LogP contribution is -2.28. The third-order valence-electron chi connectivity index (χ3n) is 4.05. The Kier molecular flexibility index (Phi) is 5.05. The van der Waals surface area contributed by atoms with Crippen LogP contribution in [0, 0.1) is 0 Å². The zero-order chi connectivity index (χ0) is 18.6. The number of halogens is 1. The van der Waals surface area contributed by atoms with Gasteiger partial charge in [0.1, 0.15) is 5.01 Å². The standard InChI is InChI=1S/C21H16ClN3OS/c22-16-9-5-14(6-10-16)13-23-21(26)24-17-11-7-15(8-12-17)20-25-18-3-1-2-4-19(18)27-20/h1-12H,13H2,(H2,23,24,26). The molecule has 0 atom stereocenters. The normalized spacial score (nSPS) is 10.7. The minimum atomic E-state index is -0.252. The van der Waals surface area contributed by atoms with Gasteiger partial charge in [-0.3, -0.25) is 0 Å². The molecule has 4 aromatic rings. The Labute approximate surface area is 165 Å². The van der Waals surface area contributed by atoms with Gasteiger partial charge in [-0.25, -0.2) is 9.78 Å². The van der Waals surface area contributed by atoms with E-state index in [0.717, 1.165) is 32.0 Å². The zero-order valence-electron chi connectivity index (χ0n) is 14.3. The molecule has 4 nitrogen and oxygen atoms in total. The molecule has 0 unspecified atom stereocenters. The molecule has 0 fully saturated rings. The number of carbonyl (C=O) groups is 1. The molecule has 134 valence electrons. The number of fused-ring (bicyclic) bond motifs is 1. The van der Waals surface area contributed by atoms with Gasteiger partial charge in [0.15, 0.2) is 0 Å². The summed E-state index contributed by atoms with van der Waals surface area (Å²) in [7, 11) is 0. The fourth-order valence-electron chi connectivity index (χ4n) is 2.65. The highest BCUT2D eigenvalue weighted by Crippen LogP contribution is 2.30. The van der Waals surface area contributed by atoms with Crippen molar-refractivity contribution in [2.75, 3.05) is 5.32 Å². The van der Waals surface area contributed by atoms with E-state index in [9.17, 15) is 4.79 Å². The Morgan fingerprint density at radius 2 is 1.70 bits per heavy atom. The summed E-state index contributed by atoms with van der Waals surface area (Å²) in [6.45, 7) is 0.437. The summed E-state index contributed by atoms with van der Waals surface area (Å²) < 4.78 is 1.16. The summed E-state index contributed by atoms with van der Waals surface area (Å²) in [6.07, 6.45) is 0. The first-order chi connectivity index (χ1) is 13.2. The van der Waals surface area contributed by atoms with Crippen LogP contribution in [0.4, 0.5) is 10.5 Å². The number of aromatic nitrogens is 1. The first kappa shape index (κ1) is 17.5. The van der Waals surface area contributed by atoms with Crippen molar-refractivity contribution in [3.05, 3.63) is 83.4 Å². The molecule has 0 aliphatic carbocycles. The van der Waals surface area contributed by atoms with E-state index >= 15 is 0 Å². The summed E-state index contributed by atoms with van der Waals surface area (Å²) in [5.41, 5.74) is 3.75. The maximum absolute atomic E-state index is 12.1. The van der Waals surface area contributed by atoms with Crippen LogP contribution in [0.15, 0.2) is 72.8 Å². The fraction of sp³-hybridized carbons (Fsp3) is 0.0476. The fourth-order valence-corrected chi connectivity index (χ4v) is 3.75. The van der Waals surface area contributed by atoms with Crippen LogP contribution in [0.2, 0.25) is 5.02 Å². The monoisotopic (exact) mass is 393 g/mol. The van der Waals surface area contributed by atoms with Gasteiger partial charge in [-0.1, -0.05) is 35.9 Å². The van der Waals surface area contributed by atoms with Crippen molar-refractivity contribution in [3.8, 4) is 10.6 Å². The number of nitrogens with one attached hydrogen (secondary N) is 2. The van der Waals surface area contributed by atoms with Gasteiger partial charge in [0.25, 0.3) is 0 Å². The second kappa shape index (κ2) is 7.78. The molecule has 1 aromatic heterocycles. The van der Waals surface area contributed by atoms with Gasteiger partial charge in [0, 0.05) is 22.8 Å². The molecule has 0 radical (unpaired) electrons. The van der Waals surface area contributed by atoms with Crippen LogP contribution in [0.5, 0.6) is 0 Å². The van der Waals surface area contributed by atoms with Crippen molar-refractivity contribution < 1.29 is 4.79 Å². The van der Waals surface area contributed by atoms with Crippen LogP contribution < -0.4 is 10.6 Å². The van der Waals surface area contributed by atoms with Crippen LogP contribution in [0.3, 0.4) is 0 Å². The maximum atomic E-state index is 12.1. The summed E-state index contributed by atoms with van der Waals surface area (Å²) in [6, 6.07) is 22.9. The number of carbonyl (C=O) groups excluding carboxylic acids is 1. The number of nitrogens with zero attached hydrogens (tertiary/aromatic N) is 1. The summed E-state index contributed by atoms with van der Waals surface area (Å²) >= 11 is 7.51. The number of hydrogen-bond donors (Lipinski definition) is 2. The van der Waals surface area contributed by atoms with Crippen LogP contribution in [-0.2, 0) is 6.54 Å². The molecule has 6 heteroatoms. The molecule has 2 amide bonds. The van der Waals surface area contributed by atoms with Crippen molar-refractivity contribution in [3.63, 3.8) is 0 Å². The molecule has 2 N–H and O–H groups in total. The minimum Gasteiger partial charge on any atom is -0.334 e. The first-order valence-electron chi connectivity index (χ1n) is 8.43. The average Bonchev–Trinajstić information content (AvgIpc) is 3.12. The Bertz CT molecular complexity index is 1040. The number of thiazole rings is 1. The van der Waals surface area contributed by atoms with E-state index in [1.807, 2.05) is 54.6 Å². The van der Waals surface area contributed by atoms with Crippen LogP contribution in [0.1, 0.15) is 5.56 Å². The largest absolute Gasteiger partial charge is 0.334 e. The highest BCUT2D eigenvalue weighted by Gasteiger charge is 2.07. The molecule has 0 bridgehead atoms. The predicted octanol–water partition coefficient (Wildman–Crippen LogP) is 5.94. The molecule has 0 spiro atoms. The van der Waals surface area contributed by atoms with Gasteiger partial charge in [-0.2, -0.15) is 0 Å². The molecule has 0 aliphatic heterocycles. The van der Waals surface area contributed by atoms with E-state index in [-0.39, 0.29) is 6.03 Å². The number of anilines is 1. The van der Waals surface area contributed by atoms with Gasteiger partial charge >= 0.3 is 6.03 Å². The van der Waals surface area contributed by atoms with Crippen molar-refractivity contribution in [1.82, 2.24) is 10.3 Å². The molecule has 0 saturated heterocycles.